The van der Waals surface area contributed by atoms with Crippen LogP contribution in [-0.4, -0.2) is 38.3 Å². The van der Waals surface area contributed by atoms with E-state index in [1.165, 1.54) is 11.8 Å². The van der Waals surface area contributed by atoms with Crippen LogP contribution >= 0.6 is 24.0 Å². The molecule has 0 amide bonds. The monoisotopic (exact) mass is 252 g/mol. The highest BCUT2D eigenvalue weighted by atomic mass is 32.2. The molecule has 1 fully saturated rings. The molecule has 1 aliphatic rings. The highest BCUT2D eigenvalue weighted by molar-refractivity contribution is 8.14. The van der Waals surface area contributed by atoms with Gasteiger partial charge in [0.15, 0.2) is 5.12 Å². The molecule has 0 aliphatic carbocycles. The smallest absolute Gasteiger partial charge is 0.186 e. The van der Waals surface area contributed by atoms with Crippen molar-refractivity contribution in [3.63, 3.8) is 0 Å². The zero-order valence-corrected chi connectivity index (χ0v) is 10.6. The van der Waals surface area contributed by atoms with Crippen molar-refractivity contribution in [1.29, 1.82) is 0 Å². The summed E-state index contributed by atoms with van der Waals surface area (Å²) in [6.45, 7) is 3.32. The molecule has 3 nitrogen and oxygen atoms in total. The molecule has 1 saturated heterocycles. The van der Waals surface area contributed by atoms with Crippen LogP contribution in [0.4, 0.5) is 0 Å². The van der Waals surface area contributed by atoms with Gasteiger partial charge in [0.25, 0.3) is 0 Å². The highest BCUT2D eigenvalue weighted by Crippen LogP contribution is 2.24. The van der Waals surface area contributed by atoms with Gasteiger partial charge >= 0.3 is 0 Å². The Morgan fingerprint density at radius 3 is 2.94 bits per heavy atom. The van der Waals surface area contributed by atoms with E-state index in [4.69, 9.17) is 12.2 Å². The zero-order chi connectivity index (χ0) is 11.5. The van der Waals surface area contributed by atoms with E-state index in [1.807, 2.05) is 12.1 Å². The van der Waals surface area contributed by atoms with Crippen LogP contribution in [0, 0.1) is 0 Å². The summed E-state index contributed by atoms with van der Waals surface area (Å²) in [4.78, 5) is 17.9. The van der Waals surface area contributed by atoms with E-state index in [2.05, 4.69) is 9.88 Å². The lowest BCUT2D eigenvalue weighted by Crippen LogP contribution is -2.52. The minimum absolute atomic E-state index is 0.178. The van der Waals surface area contributed by atoms with Gasteiger partial charge in [-0.3, -0.25) is 9.78 Å². The average Bonchev–Trinajstić information content (AvgIpc) is 2.23. The SMILES string of the molecule is CC(=O)SC1CN(C(=S)c2cccnc2)C1. The van der Waals surface area contributed by atoms with Gasteiger partial charge in [-0.05, 0) is 12.1 Å². The van der Waals surface area contributed by atoms with Gasteiger partial charge in [-0.2, -0.15) is 0 Å². The summed E-state index contributed by atoms with van der Waals surface area (Å²) in [6, 6.07) is 3.84. The molecule has 0 aromatic carbocycles. The minimum Gasteiger partial charge on any atom is -0.360 e. The minimum atomic E-state index is 0.178. The van der Waals surface area contributed by atoms with E-state index in [-0.39, 0.29) is 5.12 Å². The maximum Gasteiger partial charge on any atom is 0.186 e. The molecule has 1 aliphatic heterocycles. The van der Waals surface area contributed by atoms with Crippen molar-refractivity contribution >= 4 is 34.1 Å². The summed E-state index contributed by atoms with van der Waals surface area (Å²) < 4.78 is 0. The summed E-state index contributed by atoms with van der Waals surface area (Å²) in [7, 11) is 0. The Labute approximate surface area is 104 Å². The quantitative estimate of drug-likeness (QED) is 0.749. The number of carbonyl (C=O) groups excluding carboxylic acids is 1. The first-order valence-corrected chi connectivity index (χ1v) is 6.32. The van der Waals surface area contributed by atoms with Crippen molar-refractivity contribution < 1.29 is 4.79 Å². The third kappa shape index (κ3) is 2.59. The van der Waals surface area contributed by atoms with Gasteiger partial charge in [0.05, 0.1) is 0 Å². The number of pyridine rings is 1. The van der Waals surface area contributed by atoms with E-state index >= 15 is 0 Å². The molecule has 0 unspecified atom stereocenters. The van der Waals surface area contributed by atoms with E-state index < -0.39 is 0 Å². The summed E-state index contributed by atoms with van der Waals surface area (Å²) in [5.74, 6) is 0. The van der Waals surface area contributed by atoms with Gasteiger partial charge in [-0.15, -0.1) is 0 Å². The van der Waals surface area contributed by atoms with E-state index in [1.54, 1.807) is 19.3 Å². The second-order valence-corrected chi connectivity index (χ2v) is 5.55. The molecular formula is C11H12N2OS2. The number of hydrogen-bond donors (Lipinski definition) is 0. The van der Waals surface area contributed by atoms with Gasteiger partial charge in [0.1, 0.15) is 4.99 Å². The van der Waals surface area contributed by atoms with Crippen LogP contribution in [0.5, 0.6) is 0 Å². The molecule has 2 heterocycles. The summed E-state index contributed by atoms with van der Waals surface area (Å²) >= 11 is 6.75. The highest BCUT2D eigenvalue weighted by Gasteiger charge is 2.30. The second-order valence-electron chi connectivity index (χ2n) is 3.68. The van der Waals surface area contributed by atoms with Crippen LogP contribution in [0.2, 0.25) is 0 Å². The number of hydrogen-bond acceptors (Lipinski definition) is 4. The molecule has 84 valence electrons. The van der Waals surface area contributed by atoms with Crippen molar-refractivity contribution in [2.45, 2.75) is 12.2 Å². The van der Waals surface area contributed by atoms with Crippen LogP contribution in [-0.2, 0) is 4.79 Å². The number of rotatable bonds is 2. The topological polar surface area (TPSA) is 33.2 Å². The first-order chi connectivity index (χ1) is 7.66. The predicted octanol–water partition coefficient (Wildman–Crippen LogP) is 1.72. The van der Waals surface area contributed by atoms with E-state index in [0.29, 0.717) is 5.25 Å². The maximum absolute atomic E-state index is 10.9. The summed E-state index contributed by atoms with van der Waals surface area (Å²) in [5.41, 5.74) is 0.976. The molecule has 0 atom stereocenters. The van der Waals surface area contributed by atoms with Gasteiger partial charge in [-0.25, -0.2) is 0 Å². The third-order valence-electron chi connectivity index (χ3n) is 2.38. The Bertz CT molecular complexity index is 402. The lowest BCUT2D eigenvalue weighted by molar-refractivity contribution is -0.109. The maximum atomic E-state index is 10.9. The first-order valence-electron chi connectivity index (χ1n) is 5.03. The summed E-state index contributed by atoms with van der Waals surface area (Å²) in [5, 5.41) is 0.573. The number of carbonyl (C=O) groups is 1. The molecule has 0 radical (unpaired) electrons. The van der Waals surface area contributed by atoms with E-state index in [9.17, 15) is 4.79 Å². The number of aromatic nitrogens is 1. The Morgan fingerprint density at radius 2 is 2.38 bits per heavy atom. The number of nitrogens with zero attached hydrogens (tertiary/aromatic N) is 2. The number of likely N-dealkylation sites (tertiary alicyclic amines) is 1. The second kappa shape index (κ2) is 4.93. The number of thiocarbonyl (C=S) groups is 1. The molecule has 0 N–H and O–H groups in total. The molecule has 5 heteroatoms. The van der Waals surface area contributed by atoms with E-state index in [0.717, 1.165) is 23.6 Å². The number of thioether (sulfide) groups is 1. The van der Waals surface area contributed by atoms with Crippen LogP contribution in [0.25, 0.3) is 0 Å². The van der Waals surface area contributed by atoms with Gasteiger partial charge in [-0.1, -0.05) is 24.0 Å². The van der Waals surface area contributed by atoms with Gasteiger partial charge < -0.3 is 4.90 Å². The molecule has 0 bridgehead atoms. The van der Waals surface area contributed by atoms with Gasteiger partial charge in [0, 0.05) is 43.2 Å². The average molecular weight is 252 g/mol. The predicted molar refractivity (Wildman–Crippen MR) is 69.6 cm³/mol. The fourth-order valence-electron chi connectivity index (χ4n) is 1.59. The molecule has 2 rings (SSSR count). The van der Waals surface area contributed by atoms with Crippen molar-refractivity contribution in [3.8, 4) is 0 Å². The zero-order valence-electron chi connectivity index (χ0n) is 8.92. The molecular weight excluding hydrogens is 240 g/mol. The van der Waals surface area contributed by atoms with Crippen LogP contribution in [0.15, 0.2) is 24.5 Å². The fourth-order valence-corrected chi connectivity index (χ4v) is 2.83. The normalized spacial score (nSPS) is 15.7. The Hall–Kier alpha value is -0.940. The Balaban J connectivity index is 1.88. The van der Waals surface area contributed by atoms with Crippen LogP contribution in [0.3, 0.4) is 0 Å². The van der Waals surface area contributed by atoms with Crippen molar-refractivity contribution in [2.75, 3.05) is 13.1 Å². The lowest BCUT2D eigenvalue weighted by atomic mass is 10.1. The third-order valence-corrected chi connectivity index (χ3v) is 3.83. The van der Waals surface area contributed by atoms with Crippen LogP contribution < -0.4 is 0 Å². The lowest BCUT2D eigenvalue weighted by Gasteiger charge is -2.40. The molecule has 16 heavy (non-hydrogen) atoms. The standard InChI is InChI=1S/C11H12N2OS2/c1-8(14)16-10-6-13(7-10)11(15)9-3-2-4-12-5-9/h2-5,10H,6-7H2,1H3. The van der Waals surface area contributed by atoms with Gasteiger partial charge in [0.2, 0.25) is 0 Å². The molecule has 1 aromatic heterocycles. The van der Waals surface area contributed by atoms with Crippen molar-refractivity contribution in [1.82, 2.24) is 9.88 Å². The Kier molecular flexibility index (Phi) is 3.56. The molecule has 0 spiro atoms. The van der Waals surface area contributed by atoms with Crippen molar-refractivity contribution in [3.05, 3.63) is 30.1 Å². The first kappa shape index (κ1) is 11.5. The summed E-state index contributed by atoms with van der Waals surface area (Å²) in [6.07, 6.45) is 3.50. The largest absolute Gasteiger partial charge is 0.360 e. The fraction of sp³-hybridized carbons (Fsp3) is 0.364. The molecule has 1 aromatic rings. The Morgan fingerprint density at radius 1 is 1.62 bits per heavy atom. The molecule has 0 saturated carbocycles. The van der Waals surface area contributed by atoms with Crippen molar-refractivity contribution in [2.24, 2.45) is 0 Å². The van der Waals surface area contributed by atoms with Crippen LogP contribution in [0.1, 0.15) is 12.5 Å².